The Balaban J connectivity index is 1.15. The Bertz CT molecular complexity index is 1620. The van der Waals surface area contributed by atoms with Crippen LogP contribution in [0.15, 0.2) is 61.1 Å². The molecule has 2 aliphatic rings. The molecule has 1 saturated carbocycles. The van der Waals surface area contributed by atoms with Gasteiger partial charge < -0.3 is 9.64 Å². The van der Waals surface area contributed by atoms with E-state index in [4.69, 9.17) is 16.1 Å². The second-order valence-electron chi connectivity index (χ2n) is 9.95. The van der Waals surface area contributed by atoms with Gasteiger partial charge in [-0.05, 0) is 48.7 Å². The first kappa shape index (κ1) is 24.6. The maximum Gasteiger partial charge on any atom is 0.149 e. The zero-order valence-electron chi connectivity index (χ0n) is 21.7. The van der Waals surface area contributed by atoms with Crippen molar-refractivity contribution in [2.75, 3.05) is 37.7 Å². The minimum Gasteiger partial charge on any atom is -0.479 e. The number of aromatic nitrogens is 3. The number of hydrogen-bond donors (Lipinski definition) is 0. The van der Waals surface area contributed by atoms with Crippen LogP contribution < -0.4 is 9.64 Å². The van der Waals surface area contributed by atoms with Gasteiger partial charge in [-0.15, -0.1) is 6.42 Å². The van der Waals surface area contributed by atoms with Gasteiger partial charge in [0.25, 0.3) is 0 Å². The Hall–Kier alpha value is -4.77. The predicted molar refractivity (Wildman–Crippen MR) is 151 cm³/mol. The normalized spacial score (nSPS) is 15.3. The van der Waals surface area contributed by atoms with Crippen molar-refractivity contribution in [3.05, 3.63) is 77.7 Å². The van der Waals surface area contributed by atoms with E-state index in [2.05, 4.69) is 63.0 Å². The fourth-order valence-electron chi connectivity index (χ4n) is 4.84. The molecule has 192 valence electrons. The number of pyridine rings is 2. The third kappa shape index (κ3) is 5.58. The molecule has 0 atom stereocenters. The summed E-state index contributed by atoms with van der Waals surface area (Å²) in [5.41, 5.74) is 5.20. The second kappa shape index (κ2) is 10.9. The third-order valence-electron chi connectivity index (χ3n) is 7.18. The fraction of sp³-hybridized carbons (Fsp3) is 0.281. The maximum absolute atomic E-state index is 9.66. The summed E-state index contributed by atoms with van der Waals surface area (Å²) in [6.07, 6.45) is 13.1. The van der Waals surface area contributed by atoms with E-state index in [1.807, 2.05) is 24.4 Å². The topological polar surface area (TPSA) is 69.7 Å². The van der Waals surface area contributed by atoms with Gasteiger partial charge in [0, 0.05) is 61.5 Å². The molecule has 4 aromatic rings. The van der Waals surface area contributed by atoms with Gasteiger partial charge in [-0.25, -0.2) is 9.50 Å². The van der Waals surface area contributed by atoms with Gasteiger partial charge in [0.2, 0.25) is 0 Å². The number of hydrogen-bond acceptors (Lipinski definition) is 6. The number of anilines is 1. The van der Waals surface area contributed by atoms with Crippen molar-refractivity contribution in [2.45, 2.75) is 19.4 Å². The fourth-order valence-corrected chi connectivity index (χ4v) is 4.84. The van der Waals surface area contributed by atoms with E-state index in [0.29, 0.717) is 23.8 Å². The predicted octanol–water partition coefficient (Wildman–Crippen LogP) is 4.36. The van der Waals surface area contributed by atoms with Crippen LogP contribution in [0.1, 0.15) is 29.5 Å². The van der Waals surface area contributed by atoms with Crippen LogP contribution in [0.4, 0.5) is 5.82 Å². The standard InChI is InChI=1S/C32H28N6O/c1-2-24-5-9-26(10-6-24)22-36-13-15-37(16-14-36)31-12-11-27(20-34-31)30-18-29(39-17-3-4-25-7-8-25)23-38-32(30)28(19-33)21-35-38/h1,5-6,9-12,18,20-21,23,25H,7-8,13-17,22H2. The first-order valence-electron chi connectivity index (χ1n) is 13.2. The molecule has 1 saturated heterocycles. The molecular weight excluding hydrogens is 484 g/mol. The molecule has 39 heavy (non-hydrogen) atoms. The number of piperazine rings is 1. The van der Waals surface area contributed by atoms with E-state index < -0.39 is 0 Å². The molecule has 1 aliphatic carbocycles. The van der Waals surface area contributed by atoms with Crippen LogP contribution in [-0.2, 0) is 6.54 Å². The minimum atomic E-state index is 0.327. The molecule has 3 aromatic heterocycles. The first-order chi connectivity index (χ1) is 19.2. The van der Waals surface area contributed by atoms with Gasteiger partial charge in [0.05, 0.1) is 23.5 Å². The molecule has 7 nitrogen and oxygen atoms in total. The molecule has 0 spiro atoms. The minimum absolute atomic E-state index is 0.327. The summed E-state index contributed by atoms with van der Waals surface area (Å²) in [5.74, 6) is 11.1. The Morgan fingerprint density at radius 2 is 1.85 bits per heavy atom. The summed E-state index contributed by atoms with van der Waals surface area (Å²) in [5, 5.41) is 14.0. The van der Waals surface area contributed by atoms with E-state index in [-0.39, 0.29) is 0 Å². The van der Waals surface area contributed by atoms with Crippen molar-refractivity contribution in [3.63, 3.8) is 0 Å². The molecular formula is C32H28N6O. The van der Waals surface area contributed by atoms with Crippen LogP contribution in [0.3, 0.4) is 0 Å². The lowest BCUT2D eigenvalue weighted by molar-refractivity contribution is 0.249. The molecule has 0 radical (unpaired) electrons. The van der Waals surface area contributed by atoms with Crippen LogP contribution in [0.2, 0.25) is 0 Å². The quantitative estimate of drug-likeness (QED) is 0.358. The Kier molecular flexibility index (Phi) is 6.88. The van der Waals surface area contributed by atoms with E-state index >= 15 is 0 Å². The molecule has 0 N–H and O–H groups in total. The Morgan fingerprint density at radius 1 is 1.03 bits per heavy atom. The van der Waals surface area contributed by atoms with Crippen LogP contribution in [0.25, 0.3) is 16.6 Å². The summed E-state index contributed by atoms with van der Waals surface area (Å²) in [6.45, 7) is 4.99. The number of fused-ring (bicyclic) bond motifs is 1. The monoisotopic (exact) mass is 512 g/mol. The number of benzene rings is 1. The van der Waals surface area contributed by atoms with Crippen molar-refractivity contribution in [1.82, 2.24) is 19.5 Å². The van der Waals surface area contributed by atoms with Crippen LogP contribution in [0, 0.1) is 41.4 Å². The van der Waals surface area contributed by atoms with Crippen LogP contribution in [0.5, 0.6) is 5.75 Å². The lowest BCUT2D eigenvalue weighted by Crippen LogP contribution is -2.46. The molecule has 0 amide bonds. The van der Waals surface area contributed by atoms with Crippen molar-refractivity contribution in [1.29, 1.82) is 5.26 Å². The summed E-state index contributed by atoms with van der Waals surface area (Å²) in [4.78, 5) is 9.57. The van der Waals surface area contributed by atoms with E-state index in [9.17, 15) is 5.26 Å². The van der Waals surface area contributed by atoms with E-state index in [0.717, 1.165) is 60.7 Å². The third-order valence-corrected chi connectivity index (χ3v) is 7.18. The molecule has 6 rings (SSSR count). The van der Waals surface area contributed by atoms with Crippen molar-refractivity contribution in [3.8, 4) is 47.1 Å². The van der Waals surface area contributed by atoms with Gasteiger partial charge >= 0.3 is 0 Å². The summed E-state index contributed by atoms with van der Waals surface area (Å²) >= 11 is 0. The highest BCUT2D eigenvalue weighted by Crippen LogP contribution is 2.31. The zero-order valence-corrected chi connectivity index (χ0v) is 21.7. The molecule has 0 bridgehead atoms. The van der Waals surface area contributed by atoms with Crippen LogP contribution in [-0.4, -0.2) is 52.3 Å². The lowest BCUT2D eigenvalue weighted by Gasteiger charge is -2.35. The molecule has 4 heterocycles. The number of rotatable bonds is 6. The number of nitriles is 1. The maximum atomic E-state index is 9.66. The summed E-state index contributed by atoms with van der Waals surface area (Å²) in [7, 11) is 0. The van der Waals surface area contributed by atoms with Crippen molar-refractivity contribution < 1.29 is 4.74 Å². The van der Waals surface area contributed by atoms with Crippen molar-refractivity contribution >= 4 is 11.3 Å². The average molecular weight is 513 g/mol. The highest BCUT2D eigenvalue weighted by atomic mass is 16.5. The van der Waals surface area contributed by atoms with E-state index in [1.165, 1.54) is 18.4 Å². The van der Waals surface area contributed by atoms with Gasteiger partial charge in [-0.2, -0.15) is 10.4 Å². The van der Waals surface area contributed by atoms with Gasteiger partial charge in [-0.3, -0.25) is 4.90 Å². The van der Waals surface area contributed by atoms with Gasteiger partial charge in [-0.1, -0.05) is 29.9 Å². The average Bonchev–Trinajstić information content (AvgIpc) is 3.72. The highest BCUT2D eigenvalue weighted by Gasteiger charge is 2.20. The molecule has 2 fully saturated rings. The molecule has 1 aliphatic heterocycles. The molecule has 0 unspecified atom stereocenters. The Morgan fingerprint density at radius 3 is 2.54 bits per heavy atom. The van der Waals surface area contributed by atoms with Crippen LogP contribution >= 0.6 is 0 Å². The van der Waals surface area contributed by atoms with Gasteiger partial charge in [0.15, 0.2) is 0 Å². The largest absolute Gasteiger partial charge is 0.479 e. The summed E-state index contributed by atoms with van der Waals surface area (Å²) in [6, 6.07) is 16.5. The van der Waals surface area contributed by atoms with Crippen molar-refractivity contribution in [2.24, 2.45) is 5.92 Å². The molecule has 1 aromatic carbocycles. The van der Waals surface area contributed by atoms with Gasteiger partial charge in [0.1, 0.15) is 24.2 Å². The number of ether oxygens (including phenoxy) is 1. The summed E-state index contributed by atoms with van der Waals surface area (Å²) < 4.78 is 7.62. The lowest BCUT2D eigenvalue weighted by atomic mass is 10.1. The molecule has 7 heteroatoms. The Labute approximate surface area is 228 Å². The SMILES string of the molecule is C#Cc1ccc(CN2CCN(c3ccc(-c4cc(OCC#CC5CC5)cn5ncc(C#N)c45)cn3)CC2)cc1. The second-order valence-corrected chi connectivity index (χ2v) is 9.95. The van der Waals surface area contributed by atoms with E-state index in [1.54, 1.807) is 16.9 Å². The first-order valence-corrected chi connectivity index (χ1v) is 13.2. The zero-order chi connectivity index (χ0) is 26.6. The highest BCUT2D eigenvalue weighted by molar-refractivity contribution is 5.85. The smallest absolute Gasteiger partial charge is 0.149 e. The number of nitrogens with zero attached hydrogens (tertiary/aromatic N) is 6. The number of terminal acetylenes is 1.